The molecule has 0 saturated heterocycles. The Labute approximate surface area is 128 Å². The van der Waals surface area contributed by atoms with Crippen LogP contribution in [0.1, 0.15) is 52.9 Å². The Morgan fingerprint density at radius 1 is 0.905 bits per heavy atom. The quantitative estimate of drug-likeness (QED) is 0.825. The highest BCUT2D eigenvalue weighted by molar-refractivity contribution is 5.00. The Bertz CT molecular complexity index is 493. The number of rotatable bonds is 2. The summed E-state index contributed by atoms with van der Waals surface area (Å²) in [5.41, 5.74) is 2.77. The first-order chi connectivity index (χ1) is 9.66. The zero-order valence-electron chi connectivity index (χ0n) is 14.1. The van der Waals surface area contributed by atoms with Gasteiger partial charge in [0.2, 0.25) is 0 Å². The van der Waals surface area contributed by atoms with Crippen molar-refractivity contribution in [3.8, 4) is 0 Å². The number of nitrogens with zero attached hydrogens (tertiary/aromatic N) is 3. The van der Waals surface area contributed by atoms with E-state index in [-0.39, 0.29) is 0 Å². The van der Waals surface area contributed by atoms with Crippen molar-refractivity contribution in [2.75, 3.05) is 0 Å². The van der Waals surface area contributed by atoms with Crippen LogP contribution in [0.15, 0.2) is 35.4 Å². The maximum Gasteiger partial charge on any atom is 0.124 e. The first kappa shape index (κ1) is 17.3. The highest BCUT2D eigenvalue weighted by Gasteiger charge is 2.12. The van der Waals surface area contributed by atoms with Crippen LogP contribution in [-0.4, -0.2) is 15.1 Å². The van der Waals surface area contributed by atoms with Crippen LogP contribution in [0.25, 0.3) is 0 Å². The standard InChI is InChI=1S/C9H14N2.C8H13NO/c1-9(2,3)6-8-4-5-10-7-11-8;1-8(2,3)6-7-4-5-10-9-7/h4-5,7H,6H2,1-3H3;4-5H,6H2,1-3H3. The SMILES string of the molecule is CC(C)(C)Cc1ccncn1.CC(C)(C)Cc1ccon1. The van der Waals surface area contributed by atoms with Gasteiger partial charge in [-0.3, -0.25) is 0 Å². The minimum absolute atomic E-state index is 0.302. The Balaban J connectivity index is 0.000000211. The molecule has 0 saturated carbocycles. The third-order valence-corrected chi connectivity index (χ3v) is 2.56. The normalized spacial score (nSPS) is 11.7. The van der Waals surface area contributed by atoms with Gasteiger partial charge >= 0.3 is 0 Å². The van der Waals surface area contributed by atoms with Gasteiger partial charge in [0.05, 0.1) is 5.69 Å². The molecule has 0 unspecified atom stereocenters. The Morgan fingerprint density at radius 2 is 1.52 bits per heavy atom. The molecule has 0 N–H and O–H groups in total. The molecule has 21 heavy (non-hydrogen) atoms. The van der Waals surface area contributed by atoms with Crippen LogP contribution in [0.4, 0.5) is 0 Å². The molecular weight excluding hydrogens is 262 g/mol. The minimum atomic E-state index is 0.302. The van der Waals surface area contributed by atoms with Crippen molar-refractivity contribution < 1.29 is 4.52 Å². The van der Waals surface area contributed by atoms with E-state index in [4.69, 9.17) is 4.52 Å². The summed E-state index contributed by atoms with van der Waals surface area (Å²) in [4.78, 5) is 8.02. The van der Waals surface area contributed by atoms with Gasteiger partial charge in [-0.25, -0.2) is 9.97 Å². The topological polar surface area (TPSA) is 51.8 Å². The average Bonchev–Trinajstić information content (AvgIpc) is 2.79. The van der Waals surface area contributed by atoms with Crippen molar-refractivity contribution in [3.63, 3.8) is 0 Å². The first-order valence-electron chi connectivity index (χ1n) is 7.30. The lowest BCUT2D eigenvalue weighted by Crippen LogP contribution is -2.10. The Hall–Kier alpha value is -1.71. The van der Waals surface area contributed by atoms with E-state index in [1.165, 1.54) is 0 Å². The summed E-state index contributed by atoms with van der Waals surface area (Å²) in [6.07, 6.45) is 6.98. The van der Waals surface area contributed by atoms with Gasteiger partial charge in [0.25, 0.3) is 0 Å². The highest BCUT2D eigenvalue weighted by atomic mass is 16.5. The predicted octanol–water partition coefficient (Wildman–Crippen LogP) is 4.33. The molecule has 0 spiro atoms. The third kappa shape index (κ3) is 8.95. The lowest BCUT2D eigenvalue weighted by atomic mass is 9.90. The second kappa shape index (κ2) is 7.34. The van der Waals surface area contributed by atoms with E-state index in [9.17, 15) is 0 Å². The number of hydrogen-bond donors (Lipinski definition) is 0. The fraction of sp³-hybridized carbons (Fsp3) is 0.588. The lowest BCUT2D eigenvalue weighted by Gasteiger charge is -2.16. The second-order valence-corrected chi connectivity index (χ2v) is 7.67. The van der Waals surface area contributed by atoms with Crippen molar-refractivity contribution in [2.24, 2.45) is 10.8 Å². The van der Waals surface area contributed by atoms with E-state index < -0.39 is 0 Å². The van der Waals surface area contributed by atoms with Gasteiger partial charge in [0, 0.05) is 18.0 Å². The van der Waals surface area contributed by atoms with Gasteiger partial charge in [-0.2, -0.15) is 0 Å². The van der Waals surface area contributed by atoms with Crippen LogP contribution in [0, 0.1) is 10.8 Å². The van der Waals surface area contributed by atoms with Crippen LogP contribution in [0.2, 0.25) is 0 Å². The molecule has 2 heterocycles. The summed E-state index contributed by atoms with van der Waals surface area (Å²) < 4.78 is 4.71. The largest absolute Gasteiger partial charge is 0.365 e. The minimum Gasteiger partial charge on any atom is -0.365 e. The molecule has 0 amide bonds. The molecule has 116 valence electrons. The molecule has 0 aliphatic rings. The van der Waals surface area contributed by atoms with E-state index in [0.29, 0.717) is 10.8 Å². The third-order valence-electron chi connectivity index (χ3n) is 2.56. The van der Waals surface area contributed by atoms with E-state index >= 15 is 0 Å². The molecule has 0 fully saturated rings. The average molecular weight is 289 g/mol. The zero-order chi connectivity index (χ0) is 15.9. The molecule has 0 aromatic carbocycles. The van der Waals surface area contributed by atoms with Gasteiger partial charge in [-0.1, -0.05) is 46.7 Å². The summed E-state index contributed by atoms with van der Waals surface area (Å²) in [6.45, 7) is 13.2. The fourth-order valence-corrected chi connectivity index (χ4v) is 1.84. The zero-order valence-corrected chi connectivity index (χ0v) is 14.1. The summed E-state index contributed by atoms with van der Waals surface area (Å²) in [5.74, 6) is 0. The molecule has 0 radical (unpaired) electrons. The second-order valence-electron chi connectivity index (χ2n) is 7.67. The van der Waals surface area contributed by atoms with Crippen LogP contribution < -0.4 is 0 Å². The van der Waals surface area contributed by atoms with Gasteiger partial charge in [-0.05, 0) is 29.7 Å². The van der Waals surface area contributed by atoms with Crippen LogP contribution in [0.5, 0.6) is 0 Å². The maximum atomic E-state index is 4.71. The van der Waals surface area contributed by atoms with Crippen molar-refractivity contribution in [3.05, 3.63) is 42.3 Å². The molecule has 0 atom stereocenters. The molecule has 2 aromatic rings. The molecule has 2 aromatic heterocycles. The van der Waals surface area contributed by atoms with E-state index in [1.54, 1.807) is 18.8 Å². The first-order valence-corrected chi connectivity index (χ1v) is 7.30. The van der Waals surface area contributed by atoms with Crippen LogP contribution >= 0.6 is 0 Å². The fourth-order valence-electron chi connectivity index (χ4n) is 1.84. The van der Waals surface area contributed by atoms with Crippen molar-refractivity contribution in [1.29, 1.82) is 0 Å². The molecule has 4 heteroatoms. The smallest absolute Gasteiger partial charge is 0.124 e. The summed E-state index contributed by atoms with van der Waals surface area (Å²) >= 11 is 0. The molecular formula is C17H27N3O. The van der Waals surface area contributed by atoms with Crippen LogP contribution in [-0.2, 0) is 12.8 Å². The van der Waals surface area contributed by atoms with Crippen molar-refractivity contribution >= 4 is 0 Å². The maximum absolute atomic E-state index is 4.71. The van der Waals surface area contributed by atoms with Gasteiger partial charge in [0.1, 0.15) is 12.6 Å². The summed E-state index contributed by atoms with van der Waals surface area (Å²) in [6, 6.07) is 3.87. The van der Waals surface area contributed by atoms with Gasteiger partial charge < -0.3 is 4.52 Å². The van der Waals surface area contributed by atoms with Crippen molar-refractivity contribution in [1.82, 2.24) is 15.1 Å². The molecule has 4 nitrogen and oxygen atoms in total. The summed E-state index contributed by atoms with van der Waals surface area (Å²) in [7, 11) is 0. The van der Waals surface area contributed by atoms with E-state index in [1.807, 2.05) is 12.1 Å². The monoisotopic (exact) mass is 289 g/mol. The van der Waals surface area contributed by atoms with E-state index in [0.717, 1.165) is 24.2 Å². The van der Waals surface area contributed by atoms with Crippen LogP contribution in [0.3, 0.4) is 0 Å². The molecule has 0 bridgehead atoms. The molecule has 0 aliphatic carbocycles. The Morgan fingerprint density at radius 3 is 1.95 bits per heavy atom. The van der Waals surface area contributed by atoms with Gasteiger partial charge in [0.15, 0.2) is 0 Å². The number of hydrogen-bond acceptors (Lipinski definition) is 4. The van der Waals surface area contributed by atoms with E-state index in [2.05, 4.69) is 56.7 Å². The lowest BCUT2D eigenvalue weighted by molar-refractivity contribution is 0.371. The molecule has 2 rings (SSSR count). The predicted molar refractivity (Wildman–Crippen MR) is 84.9 cm³/mol. The van der Waals surface area contributed by atoms with Gasteiger partial charge in [-0.15, -0.1) is 0 Å². The Kier molecular flexibility index (Phi) is 6.06. The summed E-state index contributed by atoms with van der Waals surface area (Å²) in [5, 5.41) is 3.83. The number of aromatic nitrogens is 3. The van der Waals surface area contributed by atoms with Crippen molar-refractivity contribution in [2.45, 2.75) is 54.4 Å². The highest BCUT2D eigenvalue weighted by Crippen LogP contribution is 2.19. The molecule has 0 aliphatic heterocycles.